The van der Waals surface area contributed by atoms with Crippen LogP contribution in [0.2, 0.25) is 0 Å². The van der Waals surface area contributed by atoms with Crippen molar-refractivity contribution >= 4 is 75.0 Å². The van der Waals surface area contributed by atoms with Crippen molar-refractivity contribution in [1.82, 2.24) is 15.0 Å². The molecule has 0 atom stereocenters. The van der Waals surface area contributed by atoms with Crippen molar-refractivity contribution in [2.45, 2.75) is 0 Å². The maximum absolute atomic E-state index is 6.15. The highest BCUT2D eigenvalue weighted by Gasteiger charge is 2.19. The van der Waals surface area contributed by atoms with Gasteiger partial charge in [-0.2, -0.15) is 0 Å². The van der Waals surface area contributed by atoms with Crippen LogP contribution < -0.4 is 0 Å². The maximum Gasteiger partial charge on any atom is 0.164 e. The molecule has 0 N–H and O–H groups in total. The van der Waals surface area contributed by atoms with Crippen LogP contribution in [0, 0.1) is 0 Å². The number of hydrogen-bond donors (Lipinski definition) is 0. The van der Waals surface area contributed by atoms with Crippen LogP contribution in [0.1, 0.15) is 0 Å². The summed E-state index contributed by atoms with van der Waals surface area (Å²) in [5.41, 5.74) is 6.81. The molecule has 3 heterocycles. The molecule has 0 amide bonds. The van der Waals surface area contributed by atoms with Gasteiger partial charge in [-0.25, -0.2) is 15.0 Å². The molecule has 11 aromatic rings. The highest BCUT2D eigenvalue weighted by Crippen LogP contribution is 2.46. The van der Waals surface area contributed by atoms with E-state index in [4.69, 9.17) is 19.4 Å². The summed E-state index contributed by atoms with van der Waals surface area (Å²) < 4.78 is 8.69. The zero-order valence-corrected chi connectivity index (χ0v) is 28.6. The summed E-state index contributed by atoms with van der Waals surface area (Å²) in [6.45, 7) is 0. The Hall–Kier alpha value is -6.69. The average Bonchev–Trinajstić information content (AvgIpc) is 3.79. The van der Waals surface area contributed by atoms with Crippen LogP contribution >= 0.6 is 11.3 Å². The first-order valence-corrected chi connectivity index (χ1v) is 18.2. The third-order valence-electron chi connectivity index (χ3n) is 10.1. The summed E-state index contributed by atoms with van der Waals surface area (Å²) in [7, 11) is 0. The van der Waals surface area contributed by atoms with Crippen molar-refractivity contribution in [3.63, 3.8) is 0 Å². The Bertz CT molecular complexity index is 3180. The molecule has 0 saturated carbocycles. The first kappa shape index (κ1) is 29.1. The van der Waals surface area contributed by atoms with E-state index in [-0.39, 0.29) is 0 Å². The summed E-state index contributed by atoms with van der Waals surface area (Å²) in [5, 5.41) is 9.60. The van der Waals surface area contributed by atoms with Gasteiger partial charge in [-0.15, -0.1) is 11.3 Å². The molecule has 242 valence electrons. The van der Waals surface area contributed by atoms with Crippen LogP contribution in [0.25, 0.3) is 109 Å². The summed E-state index contributed by atoms with van der Waals surface area (Å²) in [6, 6.07) is 57.4. The fraction of sp³-hybridized carbons (Fsp3) is 0. The van der Waals surface area contributed by atoms with Crippen molar-refractivity contribution in [2.75, 3.05) is 0 Å². The third-order valence-corrected chi connectivity index (χ3v) is 11.4. The lowest BCUT2D eigenvalue weighted by molar-refractivity contribution is 0.669. The SMILES string of the molecule is c1ccc(-c2nc(-c3ccc4oc5ccccc5c4c3)nc(-c3cc(-c4ccccc4)c4sc5c(ccc6ccc7ccccc7c65)c4c3)n2)cc1. The lowest BCUT2D eigenvalue weighted by atomic mass is 9.97. The molecular formula is C47H27N3OS. The van der Waals surface area contributed by atoms with Gasteiger partial charge in [0.25, 0.3) is 0 Å². The molecule has 0 radical (unpaired) electrons. The summed E-state index contributed by atoms with van der Waals surface area (Å²) in [4.78, 5) is 15.4. The maximum atomic E-state index is 6.15. The second-order valence-corrected chi connectivity index (χ2v) is 14.2. The van der Waals surface area contributed by atoms with Gasteiger partial charge in [0.2, 0.25) is 0 Å². The summed E-state index contributed by atoms with van der Waals surface area (Å²) >= 11 is 1.87. The largest absolute Gasteiger partial charge is 0.456 e. The monoisotopic (exact) mass is 681 g/mol. The van der Waals surface area contributed by atoms with Crippen molar-refractivity contribution in [2.24, 2.45) is 0 Å². The van der Waals surface area contributed by atoms with E-state index in [0.717, 1.165) is 49.8 Å². The Kier molecular flexibility index (Phi) is 6.39. The lowest BCUT2D eigenvalue weighted by Gasteiger charge is -2.11. The molecule has 0 aliphatic carbocycles. The molecule has 8 aromatic carbocycles. The molecule has 0 bridgehead atoms. The number of fused-ring (bicyclic) bond motifs is 10. The van der Waals surface area contributed by atoms with Gasteiger partial charge < -0.3 is 4.42 Å². The molecule has 3 aromatic heterocycles. The highest BCUT2D eigenvalue weighted by molar-refractivity contribution is 7.27. The molecule has 11 rings (SSSR count). The van der Waals surface area contributed by atoms with Crippen molar-refractivity contribution in [3.05, 3.63) is 164 Å². The van der Waals surface area contributed by atoms with Gasteiger partial charge in [-0.1, -0.05) is 127 Å². The van der Waals surface area contributed by atoms with E-state index >= 15 is 0 Å². The molecule has 5 heteroatoms. The van der Waals surface area contributed by atoms with Gasteiger partial charge in [-0.05, 0) is 58.1 Å². The second kappa shape index (κ2) is 11.4. The number of aromatic nitrogens is 3. The van der Waals surface area contributed by atoms with Crippen molar-refractivity contribution < 1.29 is 4.42 Å². The molecule has 4 nitrogen and oxygen atoms in total. The Morgan fingerprint density at radius 3 is 1.81 bits per heavy atom. The molecule has 0 unspecified atom stereocenters. The van der Waals surface area contributed by atoms with Gasteiger partial charge in [0, 0.05) is 58.6 Å². The predicted molar refractivity (Wildman–Crippen MR) is 217 cm³/mol. The standard InChI is InChI=1S/C47H27N3OS/c1-3-11-28(12-4-1)37-26-33(27-39-36-23-21-30-20-19-29-13-7-8-16-34(29)42(30)44(36)52-43(37)39)47-49-45(31-14-5-2-6-15-31)48-46(50-47)32-22-24-41-38(25-32)35-17-9-10-18-40(35)51-41/h1-27H. The van der Waals surface area contributed by atoms with Crippen molar-refractivity contribution in [3.8, 4) is 45.3 Å². The second-order valence-electron chi connectivity index (χ2n) is 13.2. The number of furan rings is 1. The number of benzene rings is 8. The smallest absolute Gasteiger partial charge is 0.164 e. The minimum atomic E-state index is 0.616. The zero-order valence-electron chi connectivity index (χ0n) is 27.7. The highest BCUT2D eigenvalue weighted by atomic mass is 32.1. The summed E-state index contributed by atoms with van der Waals surface area (Å²) in [5.74, 6) is 1.88. The zero-order chi connectivity index (χ0) is 34.2. The first-order valence-electron chi connectivity index (χ1n) is 17.3. The topological polar surface area (TPSA) is 51.8 Å². The normalized spacial score (nSPS) is 11.8. The van der Waals surface area contributed by atoms with E-state index in [9.17, 15) is 0 Å². The van der Waals surface area contributed by atoms with Gasteiger partial charge >= 0.3 is 0 Å². The lowest BCUT2D eigenvalue weighted by Crippen LogP contribution is -2.00. The van der Waals surface area contributed by atoms with Crippen LogP contribution in [0.3, 0.4) is 0 Å². The number of para-hydroxylation sites is 1. The minimum Gasteiger partial charge on any atom is -0.456 e. The molecule has 0 aliphatic heterocycles. The number of rotatable bonds is 4. The Labute approximate surface area is 302 Å². The minimum absolute atomic E-state index is 0.616. The van der Waals surface area contributed by atoms with E-state index in [1.54, 1.807) is 0 Å². The molecule has 0 saturated heterocycles. The molecule has 0 fully saturated rings. The van der Waals surface area contributed by atoms with Crippen LogP contribution in [0.15, 0.2) is 168 Å². The Morgan fingerprint density at radius 1 is 0.365 bits per heavy atom. The quantitative estimate of drug-likeness (QED) is 0.174. The van der Waals surface area contributed by atoms with Crippen LogP contribution in [0.5, 0.6) is 0 Å². The fourth-order valence-electron chi connectivity index (χ4n) is 7.60. The number of nitrogens with zero attached hydrogens (tertiary/aromatic N) is 3. The Morgan fingerprint density at radius 2 is 0.981 bits per heavy atom. The van der Waals surface area contributed by atoms with Crippen LogP contribution in [-0.2, 0) is 0 Å². The number of thiophene rings is 1. The van der Waals surface area contributed by atoms with Gasteiger partial charge in [0.05, 0.1) is 0 Å². The van der Waals surface area contributed by atoms with Gasteiger partial charge in [0.15, 0.2) is 17.5 Å². The first-order chi connectivity index (χ1) is 25.7. The molecule has 0 spiro atoms. The van der Waals surface area contributed by atoms with Crippen LogP contribution in [-0.4, -0.2) is 15.0 Å². The van der Waals surface area contributed by atoms with Gasteiger partial charge in [-0.3, -0.25) is 0 Å². The van der Waals surface area contributed by atoms with E-state index in [1.165, 1.54) is 41.7 Å². The van der Waals surface area contributed by atoms with Gasteiger partial charge in [0.1, 0.15) is 11.2 Å². The predicted octanol–water partition coefficient (Wildman–Crippen LogP) is 13.1. The third kappa shape index (κ3) is 4.57. The average molecular weight is 682 g/mol. The molecule has 0 aliphatic rings. The molecule has 52 heavy (non-hydrogen) atoms. The van der Waals surface area contributed by atoms with E-state index in [1.807, 2.05) is 59.9 Å². The van der Waals surface area contributed by atoms with E-state index in [2.05, 4.69) is 115 Å². The van der Waals surface area contributed by atoms with Crippen LogP contribution in [0.4, 0.5) is 0 Å². The summed E-state index contributed by atoms with van der Waals surface area (Å²) in [6.07, 6.45) is 0. The van der Waals surface area contributed by atoms with E-state index in [0.29, 0.717) is 17.5 Å². The van der Waals surface area contributed by atoms with Crippen molar-refractivity contribution in [1.29, 1.82) is 0 Å². The fourth-order valence-corrected chi connectivity index (χ4v) is 8.99. The molecular weight excluding hydrogens is 655 g/mol. The van der Waals surface area contributed by atoms with E-state index < -0.39 is 0 Å². The Balaban J connectivity index is 1.20. The number of hydrogen-bond acceptors (Lipinski definition) is 5.